The molecule has 7 rings (SSSR count). The number of hydrogen-bond donors (Lipinski definition) is 2. The van der Waals surface area contributed by atoms with Crippen LogP contribution in [0.25, 0.3) is 54.8 Å². The van der Waals surface area contributed by atoms with Gasteiger partial charge in [0, 0.05) is 45.7 Å². The third-order valence-corrected chi connectivity index (χ3v) is 8.03. The largest absolute Gasteiger partial charge is 0.491 e. The number of aromatic nitrogens is 5. The van der Waals surface area contributed by atoms with Gasteiger partial charge in [-0.1, -0.05) is 6.07 Å². The Morgan fingerprint density at radius 2 is 1.79 bits per heavy atom. The van der Waals surface area contributed by atoms with Gasteiger partial charge in [0.2, 0.25) is 0 Å². The first-order chi connectivity index (χ1) is 18.7. The number of ether oxygens (including phenoxy) is 1. The van der Waals surface area contributed by atoms with Crippen molar-refractivity contribution >= 4 is 33.1 Å². The number of H-pyrrole nitrogens is 2. The van der Waals surface area contributed by atoms with E-state index in [1.807, 2.05) is 18.3 Å². The van der Waals surface area contributed by atoms with Crippen LogP contribution in [-0.4, -0.2) is 56.3 Å². The first-order valence-electron chi connectivity index (χ1n) is 12.7. The lowest BCUT2D eigenvalue weighted by molar-refractivity contribution is 0.237. The van der Waals surface area contributed by atoms with Crippen molar-refractivity contribution in [3.05, 3.63) is 72.4 Å². The van der Waals surface area contributed by atoms with E-state index < -0.39 is 0 Å². The smallest absolute Gasteiger partial charge is 0.176 e. The van der Waals surface area contributed by atoms with Gasteiger partial charge in [-0.25, -0.2) is 0 Å². The fraction of sp³-hybridized carbons (Fsp3) is 0.207. The molecule has 1 fully saturated rings. The molecule has 6 aromatic rings. The number of thiophene rings is 1. The van der Waals surface area contributed by atoms with Crippen molar-refractivity contribution in [1.82, 2.24) is 30.0 Å². The van der Waals surface area contributed by atoms with E-state index in [0.29, 0.717) is 6.61 Å². The minimum Gasteiger partial charge on any atom is -0.491 e. The molecule has 0 radical (unpaired) electrons. The van der Waals surface area contributed by atoms with Crippen molar-refractivity contribution in [3.63, 3.8) is 0 Å². The van der Waals surface area contributed by atoms with E-state index in [-0.39, 0.29) is 5.13 Å². The fourth-order valence-corrected chi connectivity index (χ4v) is 5.94. The number of aromatic amines is 2. The van der Waals surface area contributed by atoms with E-state index in [0.717, 1.165) is 91.5 Å². The molecule has 2 N–H and O–H groups in total. The first kappa shape index (κ1) is 23.1. The molecule has 0 aliphatic carbocycles. The number of halogens is 1. The van der Waals surface area contributed by atoms with Crippen LogP contribution in [0.1, 0.15) is 12.8 Å². The van der Waals surface area contributed by atoms with Crippen molar-refractivity contribution in [1.29, 1.82) is 0 Å². The highest BCUT2D eigenvalue weighted by molar-refractivity contribution is 7.14. The standard InChI is InChI=1S/C29H25FN6OS/c30-28-6-5-27(38-28)23-16-32-17-26-21(23)13-25(33-26)29-22-12-18(3-4-24(22)34-35-29)19-11-20(15-31-14-19)37-10-9-36-7-1-2-8-36/h3-6,11-17,33H,1-2,7-10H2,(H,34,35). The Morgan fingerprint density at radius 1 is 0.895 bits per heavy atom. The zero-order valence-electron chi connectivity index (χ0n) is 20.6. The van der Waals surface area contributed by atoms with E-state index in [2.05, 4.69) is 48.2 Å². The molecule has 0 atom stereocenters. The number of nitrogens with zero attached hydrogens (tertiary/aromatic N) is 4. The number of rotatable bonds is 7. The van der Waals surface area contributed by atoms with Crippen LogP contribution in [0.4, 0.5) is 4.39 Å². The van der Waals surface area contributed by atoms with Gasteiger partial charge in [0.15, 0.2) is 5.13 Å². The lowest BCUT2D eigenvalue weighted by Crippen LogP contribution is -2.25. The van der Waals surface area contributed by atoms with Crippen LogP contribution in [0.5, 0.6) is 5.75 Å². The zero-order valence-corrected chi connectivity index (χ0v) is 21.4. The number of benzene rings is 1. The Kier molecular flexibility index (Phi) is 5.87. The van der Waals surface area contributed by atoms with Crippen LogP contribution in [0.15, 0.2) is 67.3 Å². The topological polar surface area (TPSA) is 82.7 Å². The monoisotopic (exact) mass is 524 g/mol. The summed E-state index contributed by atoms with van der Waals surface area (Å²) >= 11 is 1.12. The SMILES string of the molecule is Fc1ccc(-c2cncc3[nH]c(-c4n[nH]c5ccc(-c6cncc(OCCN7CCCC7)c6)cc45)cc23)s1. The van der Waals surface area contributed by atoms with E-state index in [4.69, 9.17) is 4.74 Å². The zero-order chi connectivity index (χ0) is 25.5. The number of fused-ring (bicyclic) bond motifs is 2. The van der Waals surface area contributed by atoms with Gasteiger partial charge in [-0.3, -0.25) is 20.0 Å². The predicted octanol–water partition coefficient (Wildman–Crippen LogP) is 6.51. The molecule has 1 aromatic carbocycles. The summed E-state index contributed by atoms with van der Waals surface area (Å²) < 4.78 is 19.7. The van der Waals surface area contributed by atoms with Gasteiger partial charge in [-0.2, -0.15) is 9.49 Å². The lowest BCUT2D eigenvalue weighted by atomic mass is 10.0. The highest BCUT2D eigenvalue weighted by atomic mass is 32.1. The molecule has 7 nitrogen and oxygen atoms in total. The molecule has 0 amide bonds. The van der Waals surface area contributed by atoms with Gasteiger partial charge >= 0.3 is 0 Å². The second-order valence-corrected chi connectivity index (χ2v) is 10.6. The average molecular weight is 525 g/mol. The van der Waals surface area contributed by atoms with Crippen molar-refractivity contribution in [2.24, 2.45) is 0 Å². The number of hydrogen-bond acceptors (Lipinski definition) is 6. The second-order valence-electron chi connectivity index (χ2n) is 9.57. The molecule has 9 heteroatoms. The van der Waals surface area contributed by atoms with Gasteiger partial charge in [-0.15, -0.1) is 11.3 Å². The van der Waals surface area contributed by atoms with E-state index in [9.17, 15) is 4.39 Å². The summed E-state index contributed by atoms with van der Waals surface area (Å²) in [4.78, 5) is 15.5. The van der Waals surface area contributed by atoms with Crippen LogP contribution in [-0.2, 0) is 0 Å². The molecular formula is C29H25FN6OS. The Bertz CT molecular complexity index is 1750. The maximum absolute atomic E-state index is 13.7. The van der Waals surface area contributed by atoms with E-state index >= 15 is 0 Å². The maximum Gasteiger partial charge on any atom is 0.176 e. The summed E-state index contributed by atoms with van der Waals surface area (Å²) in [6, 6.07) is 13.6. The molecule has 0 bridgehead atoms. The molecule has 0 unspecified atom stereocenters. The van der Waals surface area contributed by atoms with Crippen molar-refractivity contribution in [2.75, 3.05) is 26.2 Å². The molecule has 5 aromatic heterocycles. The van der Waals surface area contributed by atoms with Crippen molar-refractivity contribution in [3.8, 4) is 38.7 Å². The van der Waals surface area contributed by atoms with Gasteiger partial charge in [-0.05, 0) is 67.9 Å². The second kappa shape index (κ2) is 9.66. The summed E-state index contributed by atoms with van der Waals surface area (Å²) in [5.41, 5.74) is 6.41. The quantitative estimate of drug-likeness (QED) is 0.249. The number of nitrogens with one attached hydrogen (secondary N) is 2. The Labute approximate surface area is 222 Å². The Hall–Kier alpha value is -4.08. The van der Waals surface area contributed by atoms with Gasteiger partial charge in [0.25, 0.3) is 0 Å². The summed E-state index contributed by atoms with van der Waals surface area (Å²) in [7, 11) is 0. The molecule has 0 spiro atoms. The summed E-state index contributed by atoms with van der Waals surface area (Å²) in [6.45, 7) is 3.92. The number of pyridine rings is 2. The van der Waals surface area contributed by atoms with Gasteiger partial charge in [0.05, 0.1) is 29.1 Å². The van der Waals surface area contributed by atoms with E-state index in [1.165, 1.54) is 18.9 Å². The normalized spacial score (nSPS) is 14.1. The Balaban J connectivity index is 1.20. The first-order valence-corrected chi connectivity index (χ1v) is 13.5. The van der Waals surface area contributed by atoms with Gasteiger partial charge < -0.3 is 9.72 Å². The predicted molar refractivity (Wildman–Crippen MR) is 149 cm³/mol. The summed E-state index contributed by atoms with van der Waals surface area (Å²) in [5, 5.41) is 9.52. The minimum absolute atomic E-state index is 0.214. The van der Waals surface area contributed by atoms with Crippen LogP contribution < -0.4 is 4.74 Å². The summed E-state index contributed by atoms with van der Waals surface area (Å²) in [6.07, 6.45) is 9.74. The molecule has 1 aliphatic rings. The highest BCUT2D eigenvalue weighted by Crippen LogP contribution is 2.36. The molecule has 6 heterocycles. The third-order valence-electron chi connectivity index (χ3n) is 7.12. The molecule has 38 heavy (non-hydrogen) atoms. The molecule has 1 saturated heterocycles. The molecule has 0 saturated carbocycles. The fourth-order valence-electron chi connectivity index (χ4n) is 5.19. The van der Waals surface area contributed by atoms with Crippen LogP contribution in [0.3, 0.4) is 0 Å². The van der Waals surface area contributed by atoms with Gasteiger partial charge in [0.1, 0.15) is 18.1 Å². The Morgan fingerprint density at radius 3 is 2.66 bits per heavy atom. The molecular weight excluding hydrogens is 499 g/mol. The van der Waals surface area contributed by atoms with Crippen LogP contribution in [0.2, 0.25) is 0 Å². The van der Waals surface area contributed by atoms with Crippen molar-refractivity contribution < 1.29 is 9.13 Å². The average Bonchev–Trinajstić information content (AvgIpc) is 3.74. The molecule has 1 aliphatic heterocycles. The van der Waals surface area contributed by atoms with Crippen molar-refractivity contribution in [2.45, 2.75) is 12.8 Å². The number of likely N-dealkylation sites (tertiary alicyclic amines) is 1. The highest BCUT2D eigenvalue weighted by Gasteiger charge is 2.16. The molecule has 190 valence electrons. The lowest BCUT2D eigenvalue weighted by Gasteiger charge is -2.15. The third kappa shape index (κ3) is 4.33. The summed E-state index contributed by atoms with van der Waals surface area (Å²) in [5.74, 6) is 0.773. The van der Waals surface area contributed by atoms with Crippen LogP contribution in [0, 0.1) is 5.13 Å². The van der Waals surface area contributed by atoms with Crippen LogP contribution >= 0.6 is 11.3 Å². The maximum atomic E-state index is 13.7. The van der Waals surface area contributed by atoms with E-state index in [1.54, 1.807) is 24.7 Å². The minimum atomic E-state index is -0.214.